The number of hydrogen-bond donors (Lipinski definition) is 2. The van der Waals surface area contributed by atoms with E-state index in [2.05, 4.69) is 17.6 Å². The van der Waals surface area contributed by atoms with Gasteiger partial charge in [-0.15, -0.1) is 0 Å². The molecule has 7 heteroatoms. The summed E-state index contributed by atoms with van der Waals surface area (Å²) in [7, 11) is 0. The smallest absolute Gasteiger partial charge is 0.408 e. The van der Waals surface area contributed by atoms with Crippen molar-refractivity contribution >= 4 is 17.9 Å². The number of rotatable bonds is 11. The quantitative estimate of drug-likeness (QED) is 0.439. The summed E-state index contributed by atoms with van der Waals surface area (Å²) in [5.41, 5.74) is 2.14. The summed E-state index contributed by atoms with van der Waals surface area (Å²) in [6, 6.07) is 4.31. The highest BCUT2D eigenvalue weighted by Gasteiger charge is 2.36. The van der Waals surface area contributed by atoms with E-state index in [-0.39, 0.29) is 17.7 Å². The van der Waals surface area contributed by atoms with E-state index in [4.69, 9.17) is 4.74 Å². The van der Waals surface area contributed by atoms with Crippen LogP contribution in [0.25, 0.3) is 0 Å². The maximum absolute atomic E-state index is 13.8. The monoisotopic (exact) mass is 475 g/mol. The number of ether oxygens (including phenoxy) is 1. The second kappa shape index (κ2) is 13.4. The van der Waals surface area contributed by atoms with Crippen LogP contribution in [0.5, 0.6) is 0 Å². The molecule has 0 saturated carbocycles. The maximum atomic E-state index is 13.8. The van der Waals surface area contributed by atoms with Crippen molar-refractivity contribution in [1.29, 1.82) is 0 Å². The topological polar surface area (TPSA) is 87.7 Å². The molecule has 0 radical (unpaired) electrons. The molecule has 1 aromatic carbocycles. The maximum Gasteiger partial charge on any atom is 0.408 e. The molecule has 0 saturated heterocycles. The van der Waals surface area contributed by atoms with E-state index < -0.39 is 23.8 Å². The molecule has 7 nitrogen and oxygen atoms in total. The molecule has 0 aliphatic rings. The third kappa shape index (κ3) is 9.35. The molecular weight excluding hydrogens is 430 g/mol. The SMILES string of the molecule is CCCCNC(=O)C(c1ccc(C)cc1C)N(CC)C(=O)C(CC(C)C)NC(=O)OC(C)(C)C. The molecule has 2 unspecified atom stereocenters. The molecule has 0 aromatic heterocycles. The zero-order valence-electron chi connectivity index (χ0n) is 22.6. The molecule has 0 fully saturated rings. The van der Waals surface area contributed by atoms with Crippen LogP contribution >= 0.6 is 0 Å². The van der Waals surface area contributed by atoms with Gasteiger partial charge in [-0.25, -0.2) is 4.79 Å². The number of unbranched alkanes of at least 4 members (excludes halogenated alkanes) is 1. The average molecular weight is 476 g/mol. The summed E-state index contributed by atoms with van der Waals surface area (Å²) in [4.78, 5) is 41.3. The normalized spacial score (nSPS) is 13.2. The van der Waals surface area contributed by atoms with Gasteiger partial charge in [-0.3, -0.25) is 9.59 Å². The zero-order chi connectivity index (χ0) is 26.1. The zero-order valence-corrected chi connectivity index (χ0v) is 22.6. The van der Waals surface area contributed by atoms with Crippen molar-refractivity contribution in [3.8, 4) is 0 Å². The Morgan fingerprint density at radius 3 is 2.24 bits per heavy atom. The molecule has 0 spiro atoms. The van der Waals surface area contributed by atoms with E-state index in [1.165, 1.54) is 0 Å². The Hall–Kier alpha value is -2.57. The summed E-state index contributed by atoms with van der Waals surface area (Å²) in [6.45, 7) is 18.1. The molecule has 2 atom stereocenters. The van der Waals surface area contributed by atoms with Gasteiger partial charge in [0.1, 0.15) is 17.7 Å². The Balaban J connectivity index is 3.37. The number of hydrogen-bond acceptors (Lipinski definition) is 4. The fraction of sp³-hybridized carbons (Fsp3) is 0.667. The lowest BCUT2D eigenvalue weighted by Gasteiger charge is -2.35. The van der Waals surface area contributed by atoms with Crippen molar-refractivity contribution in [3.63, 3.8) is 0 Å². The van der Waals surface area contributed by atoms with Crippen LogP contribution in [0.15, 0.2) is 18.2 Å². The Labute approximate surface area is 206 Å². The number of alkyl carbamates (subject to hydrolysis) is 1. The van der Waals surface area contributed by atoms with Crippen LogP contribution in [0.2, 0.25) is 0 Å². The fourth-order valence-corrected chi connectivity index (χ4v) is 3.88. The first-order valence-corrected chi connectivity index (χ1v) is 12.5. The van der Waals surface area contributed by atoms with Crippen LogP contribution in [0.3, 0.4) is 0 Å². The molecule has 192 valence electrons. The number of benzene rings is 1. The molecule has 0 aliphatic heterocycles. The number of nitrogens with one attached hydrogen (secondary N) is 2. The van der Waals surface area contributed by atoms with Crippen LogP contribution in [0, 0.1) is 19.8 Å². The molecule has 1 rings (SSSR count). The van der Waals surface area contributed by atoms with Crippen molar-refractivity contribution in [3.05, 3.63) is 34.9 Å². The number of carbonyl (C=O) groups excluding carboxylic acids is 3. The van der Waals surface area contributed by atoms with Gasteiger partial charge < -0.3 is 20.3 Å². The first-order chi connectivity index (χ1) is 15.8. The second-order valence-corrected chi connectivity index (χ2v) is 10.4. The lowest BCUT2D eigenvalue weighted by molar-refractivity contribution is -0.142. The second-order valence-electron chi connectivity index (χ2n) is 10.4. The largest absolute Gasteiger partial charge is 0.444 e. The first-order valence-electron chi connectivity index (χ1n) is 12.5. The van der Waals surface area contributed by atoms with Gasteiger partial charge in [-0.1, -0.05) is 51.0 Å². The van der Waals surface area contributed by atoms with Gasteiger partial charge in [-0.2, -0.15) is 0 Å². The highest BCUT2D eigenvalue weighted by Crippen LogP contribution is 2.27. The van der Waals surface area contributed by atoms with E-state index >= 15 is 0 Å². The Kier molecular flexibility index (Phi) is 11.6. The minimum Gasteiger partial charge on any atom is -0.444 e. The summed E-state index contributed by atoms with van der Waals surface area (Å²) in [5, 5.41) is 5.76. The van der Waals surface area contributed by atoms with Crippen molar-refractivity contribution in [2.75, 3.05) is 13.1 Å². The molecule has 2 N–H and O–H groups in total. The summed E-state index contributed by atoms with van der Waals surface area (Å²) in [6.07, 6.45) is 1.62. The molecule has 0 aliphatic carbocycles. The number of nitrogens with zero attached hydrogens (tertiary/aromatic N) is 1. The standard InChI is InChI=1S/C27H45N3O4/c1-10-12-15-28-24(31)23(21-14-13-19(5)17-20(21)6)30(11-2)25(32)22(16-18(3)4)29-26(33)34-27(7,8)9/h13-14,17-18,22-23H,10-12,15-16H2,1-9H3,(H,28,31)(H,29,33). The van der Waals surface area contributed by atoms with Gasteiger partial charge in [0.05, 0.1) is 0 Å². The van der Waals surface area contributed by atoms with Crippen LogP contribution in [0.4, 0.5) is 4.79 Å². The average Bonchev–Trinajstić information content (AvgIpc) is 2.70. The predicted octanol–water partition coefficient (Wildman–Crippen LogP) is 5.05. The summed E-state index contributed by atoms with van der Waals surface area (Å²) >= 11 is 0. The molecule has 0 bridgehead atoms. The highest BCUT2D eigenvalue weighted by atomic mass is 16.6. The lowest BCUT2D eigenvalue weighted by atomic mass is 9.95. The fourth-order valence-electron chi connectivity index (χ4n) is 3.88. The molecule has 1 aromatic rings. The van der Waals surface area contributed by atoms with Gasteiger partial charge in [0.2, 0.25) is 11.8 Å². The van der Waals surface area contributed by atoms with Gasteiger partial charge in [0.25, 0.3) is 0 Å². The van der Waals surface area contributed by atoms with Crippen molar-refractivity contribution in [2.45, 2.75) is 99.3 Å². The minimum absolute atomic E-state index is 0.153. The van der Waals surface area contributed by atoms with E-state index in [0.717, 1.165) is 29.5 Å². The van der Waals surface area contributed by atoms with Gasteiger partial charge in [0.15, 0.2) is 0 Å². The molecule has 34 heavy (non-hydrogen) atoms. The summed E-state index contributed by atoms with van der Waals surface area (Å²) < 4.78 is 5.40. The van der Waals surface area contributed by atoms with Gasteiger partial charge >= 0.3 is 6.09 Å². The Morgan fingerprint density at radius 1 is 1.09 bits per heavy atom. The van der Waals surface area contributed by atoms with E-state index in [9.17, 15) is 14.4 Å². The predicted molar refractivity (Wildman–Crippen MR) is 137 cm³/mol. The van der Waals surface area contributed by atoms with Gasteiger partial charge in [-0.05, 0) is 71.4 Å². The number of likely N-dealkylation sites (N-methyl/N-ethyl adjacent to an activating group) is 1. The Morgan fingerprint density at radius 2 is 1.74 bits per heavy atom. The highest BCUT2D eigenvalue weighted by molar-refractivity contribution is 5.92. The van der Waals surface area contributed by atoms with E-state index in [1.807, 2.05) is 52.8 Å². The molecular formula is C27H45N3O4. The van der Waals surface area contributed by atoms with Crippen molar-refractivity contribution < 1.29 is 19.1 Å². The summed E-state index contributed by atoms with van der Waals surface area (Å²) in [5.74, 6) is -0.352. The van der Waals surface area contributed by atoms with Crippen LogP contribution in [-0.4, -0.2) is 47.5 Å². The number of amides is 3. The number of aryl methyl sites for hydroxylation is 2. The number of carbonyl (C=O) groups is 3. The third-order valence-corrected chi connectivity index (χ3v) is 5.43. The molecule has 3 amide bonds. The van der Waals surface area contributed by atoms with Crippen LogP contribution in [0.1, 0.15) is 90.5 Å². The van der Waals surface area contributed by atoms with Crippen molar-refractivity contribution in [1.82, 2.24) is 15.5 Å². The molecule has 0 heterocycles. The van der Waals surface area contributed by atoms with E-state index in [1.54, 1.807) is 25.7 Å². The third-order valence-electron chi connectivity index (χ3n) is 5.43. The minimum atomic E-state index is -0.800. The first kappa shape index (κ1) is 29.5. The van der Waals surface area contributed by atoms with E-state index in [0.29, 0.717) is 19.5 Å². The van der Waals surface area contributed by atoms with Crippen LogP contribution < -0.4 is 10.6 Å². The van der Waals surface area contributed by atoms with Gasteiger partial charge in [0, 0.05) is 13.1 Å². The lowest BCUT2D eigenvalue weighted by Crippen LogP contribution is -2.53. The van der Waals surface area contributed by atoms with Crippen LogP contribution in [-0.2, 0) is 14.3 Å². The van der Waals surface area contributed by atoms with Crippen molar-refractivity contribution in [2.24, 2.45) is 5.92 Å². The Bertz CT molecular complexity index is 830.